The summed E-state index contributed by atoms with van der Waals surface area (Å²) in [5.41, 5.74) is -0.0398. The molecule has 3 rings (SSSR count). The number of nitro groups is 1. The number of hydrogen-bond acceptors (Lipinski definition) is 7. The molecule has 0 amide bonds. The average molecular weight is 413 g/mol. The highest BCUT2D eigenvalue weighted by Crippen LogP contribution is 2.30. The Balaban J connectivity index is 1.82. The number of nitrogens with zero attached hydrogens (tertiary/aromatic N) is 6. The van der Waals surface area contributed by atoms with Crippen molar-refractivity contribution >= 4 is 33.4 Å². The van der Waals surface area contributed by atoms with Crippen LogP contribution in [0.15, 0.2) is 38.8 Å². The van der Waals surface area contributed by atoms with E-state index in [4.69, 9.17) is 4.42 Å². The molecule has 9 nitrogen and oxygen atoms in total. The molecule has 0 atom stereocenters. The molecule has 0 aliphatic rings. The van der Waals surface area contributed by atoms with Gasteiger partial charge in [-0.05, 0) is 41.9 Å². The number of aromatic nitrogens is 5. The number of halogens is 1. The van der Waals surface area contributed by atoms with Crippen LogP contribution in [0.5, 0.6) is 0 Å². The van der Waals surface area contributed by atoms with E-state index in [1.165, 1.54) is 28.8 Å². The van der Waals surface area contributed by atoms with Gasteiger partial charge >= 0.3 is 5.69 Å². The Morgan fingerprint density at radius 1 is 1.42 bits per heavy atom. The van der Waals surface area contributed by atoms with Gasteiger partial charge in [0, 0.05) is 6.04 Å². The van der Waals surface area contributed by atoms with Crippen molar-refractivity contribution in [3.63, 3.8) is 0 Å². The van der Waals surface area contributed by atoms with Gasteiger partial charge in [0.25, 0.3) is 0 Å². The van der Waals surface area contributed by atoms with Crippen LogP contribution in [0, 0.1) is 10.1 Å². The lowest BCUT2D eigenvalue weighted by Gasteiger charge is -2.12. The summed E-state index contributed by atoms with van der Waals surface area (Å²) in [5.74, 6) is 1.63. The van der Waals surface area contributed by atoms with Gasteiger partial charge in [0.15, 0.2) is 15.6 Å². The van der Waals surface area contributed by atoms with Crippen LogP contribution in [-0.4, -0.2) is 29.5 Å². The van der Waals surface area contributed by atoms with Crippen molar-refractivity contribution in [2.75, 3.05) is 0 Å². The fourth-order valence-corrected chi connectivity index (χ4v) is 3.32. The van der Waals surface area contributed by atoms with Crippen LogP contribution in [0.4, 0.5) is 5.69 Å². The van der Waals surface area contributed by atoms with Crippen LogP contribution in [0.1, 0.15) is 19.9 Å². The Bertz CT molecular complexity index is 871. The van der Waals surface area contributed by atoms with E-state index in [1.54, 1.807) is 6.07 Å². The lowest BCUT2D eigenvalue weighted by atomic mass is 10.3. The van der Waals surface area contributed by atoms with E-state index < -0.39 is 4.92 Å². The number of thioether (sulfide) groups is 1. The highest BCUT2D eigenvalue weighted by atomic mass is 79.9. The summed E-state index contributed by atoms with van der Waals surface area (Å²) in [6.45, 7) is 4.04. The Labute approximate surface area is 149 Å². The van der Waals surface area contributed by atoms with Gasteiger partial charge in [-0.25, -0.2) is 0 Å². The van der Waals surface area contributed by atoms with E-state index in [-0.39, 0.29) is 11.7 Å². The monoisotopic (exact) mass is 412 g/mol. The van der Waals surface area contributed by atoms with Gasteiger partial charge in [-0.15, -0.1) is 10.2 Å². The van der Waals surface area contributed by atoms with Gasteiger partial charge in [0.05, 0.1) is 10.8 Å². The molecule has 0 unspecified atom stereocenters. The molecule has 0 saturated carbocycles. The first-order valence-electron chi connectivity index (χ1n) is 6.96. The first-order valence-corrected chi connectivity index (χ1v) is 8.74. The Morgan fingerprint density at radius 3 is 2.79 bits per heavy atom. The third-order valence-corrected chi connectivity index (χ3v) is 4.49. The molecule has 24 heavy (non-hydrogen) atoms. The molecule has 0 fully saturated rings. The van der Waals surface area contributed by atoms with Crippen molar-refractivity contribution in [3.8, 4) is 11.6 Å². The molecule has 0 aromatic carbocycles. The molecule has 0 radical (unpaired) electrons. The molecule has 126 valence electrons. The van der Waals surface area contributed by atoms with Crippen molar-refractivity contribution in [1.29, 1.82) is 0 Å². The van der Waals surface area contributed by atoms with Gasteiger partial charge in [0.2, 0.25) is 5.82 Å². The van der Waals surface area contributed by atoms with Crippen LogP contribution < -0.4 is 0 Å². The molecular weight excluding hydrogens is 400 g/mol. The number of hydrogen-bond donors (Lipinski definition) is 0. The summed E-state index contributed by atoms with van der Waals surface area (Å²) < 4.78 is 9.62. The Hall–Kier alpha value is -2.14. The first kappa shape index (κ1) is 16.7. The summed E-state index contributed by atoms with van der Waals surface area (Å²) in [5, 5.41) is 23.8. The molecule has 0 aliphatic heterocycles. The molecule has 3 aromatic rings. The van der Waals surface area contributed by atoms with E-state index in [1.807, 2.05) is 24.5 Å². The minimum Gasteiger partial charge on any atom is -0.446 e. The van der Waals surface area contributed by atoms with E-state index in [0.29, 0.717) is 27.3 Å². The summed E-state index contributed by atoms with van der Waals surface area (Å²) >= 11 is 4.67. The van der Waals surface area contributed by atoms with E-state index in [9.17, 15) is 10.1 Å². The Morgan fingerprint density at radius 2 is 2.21 bits per heavy atom. The molecule has 3 aromatic heterocycles. The van der Waals surface area contributed by atoms with Gasteiger partial charge in [0.1, 0.15) is 12.4 Å². The summed E-state index contributed by atoms with van der Waals surface area (Å²) in [6, 6.07) is 3.73. The van der Waals surface area contributed by atoms with E-state index in [0.717, 1.165) is 0 Å². The largest absolute Gasteiger partial charge is 0.446 e. The van der Waals surface area contributed by atoms with Gasteiger partial charge < -0.3 is 4.42 Å². The second-order valence-corrected chi connectivity index (χ2v) is 6.84. The van der Waals surface area contributed by atoms with Crippen molar-refractivity contribution < 1.29 is 9.34 Å². The molecule has 0 spiro atoms. The van der Waals surface area contributed by atoms with Crippen molar-refractivity contribution in [1.82, 2.24) is 24.5 Å². The minimum atomic E-state index is -0.475. The zero-order chi connectivity index (χ0) is 17.3. The fraction of sp³-hybridized carbons (Fsp3) is 0.308. The second-order valence-electron chi connectivity index (χ2n) is 5.14. The number of rotatable bonds is 6. The van der Waals surface area contributed by atoms with E-state index in [2.05, 4.69) is 31.2 Å². The lowest BCUT2D eigenvalue weighted by molar-refractivity contribution is -0.385. The van der Waals surface area contributed by atoms with Crippen LogP contribution in [0.2, 0.25) is 0 Å². The summed E-state index contributed by atoms with van der Waals surface area (Å²) in [6.07, 6.45) is 2.60. The maximum Gasteiger partial charge on any atom is 0.307 e. The van der Waals surface area contributed by atoms with Crippen molar-refractivity contribution in [2.24, 2.45) is 0 Å². The SMILES string of the molecule is CC(C)n1c(SCn2cc([N+](=O)[O-])cn2)nnc1-c1ccc(Br)o1. The van der Waals surface area contributed by atoms with Crippen molar-refractivity contribution in [2.45, 2.75) is 30.9 Å². The normalized spacial score (nSPS) is 11.3. The maximum atomic E-state index is 10.7. The second kappa shape index (κ2) is 6.77. The minimum absolute atomic E-state index is 0.0398. The average Bonchev–Trinajstić information content (AvgIpc) is 3.23. The van der Waals surface area contributed by atoms with Crippen LogP contribution in [-0.2, 0) is 5.88 Å². The van der Waals surface area contributed by atoms with Gasteiger partial charge in [-0.2, -0.15) is 5.10 Å². The molecular formula is C13H13BrN6O3S. The molecule has 0 bridgehead atoms. The molecule has 0 aliphatic carbocycles. The van der Waals surface area contributed by atoms with Gasteiger partial charge in [-0.3, -0.25) is 19.4 Å². The highest BCUT2D eigenvalue weighted by molar-refractivity contribution is 9.10. The highest BCUT2D eigenvalue weighted by Gasteiger charge is 2.19. The predicted molar refractivity (Wildman–Crippen MR) is 90.5 cm³/mol. The quantitative estimate of drug-likeness (QED) is 0.344. The molecule has 0 saturated heterocycles. The topological polar surface area (TPSA) is 105 Å². The zero-order valence-electron chi connectivity index (χ0n) is 12.8. The van der Waals surface area contributed by atoms with Crippen LogP contribution in [0.25, 0.3) is 11.6 Å². The summed E-state index contributed by atoms with van der Waals surface area (Å²) in [4.78, 5) is 10.2. The first-order chi connectivity index (χ1) is 11.5. The van der Waals surface area contributed by atoms with Crippen molar-refractivity contribution in [3.05, 3.63) is 39.3 Å². The summed E-state index contributed by atoms with van der Waals surface area (Å²) in [7, 11) is 0. The van der Waals surface area contributed by atoms with E-state index >= 15 is 0 Å². The third kappa shape index (κ3) is 3.36. The smallest absolute Gasteiger partial charge is 0.307 e. The molecule has 3 heterocycles. The standard InChI is InChI=1S/C13H13BrN6O3S/c1-8(2)19-12(10-3-4-11(14)23-10)16-17-13(19)24-7-18-6-9(5-15-18)20(21)22/h3-6,8H,7H2,1-2H3. The number of furan rings is 1. The molecule has 0 N–H and O–H groups in total. The third-order valence-electron chi connectivity index (χ3n) is 3.13. The maximum absolute atomic E-state index is 10.7. The zero-order valence-corrected chi connectivity index (χ0v) is 15.2. The van der Waals surface area contributed by atoms with Crippen LogP contribution >= 0.6 is 27.7 Å². The van der Waals surface area contributed by atoms with Crippen LogP contribution in [0.3, 0.4) is 0 Å². The lowest BCUT2D eigenvalue weighted by Crippen LogP contribution is -2.05. The fourth-order valence-electron chi connectivity index (χ4n) is 2.08. The van der Waals surface area contributed by atoms with Gasteiger partial charge in [-0.1, -0.05) is 11.8 Å². The molecule has 11 heteroatoms. The predicted octanol–water partition coefficient (Wildman–Crippen LogP) is 3.74. The Kier molecular flexibility index (Phi) is 4.71.